The molecule has 0 aromatic rings. The SMILES string of the molecule is CC1=CC(=O)C(C)C(C)(C)C12OCCO2. The fourth-order valence-corrected chi connectivity index (χ4v) is 2.59. The summed E-state index contributed by atoms with van der Waals surface area (Å²) >= 11 is 0. The van der Waals surface area contributed by atoms with Gasteiger partial charge in [-0.2, -0.15) is 0 Å². The molecule has 2 rings (SSSR count). The van der Waals surface area contributed by atoms with Gasteiger partial charge in [0.2, 0.25) is 0 Å². The van der Waals surface area contributed by atoms with Crippen LogP contribution < -0.4 is 0 Å². The first kappa shape index (κ1) is 10.8. The average Bonchev–Trinajstić information content (AvgIpc) is 2.64. The van der Waals surface area contributed by atoms with Crippen molar-refractivity contribution in [3.8, 4) is 0 Å². The van der Waals surface area contributed by atoms with Gasteiger partial charge in [0.1, 0.15) is 0 Å². The lowest BCUT2D eigenvalue weighted by molar-refractivity contribution is -0.217. The Morgan fingerprint density at radius 3 is 2.40 bits per heavy atom. The summed E-state index contributed by atoms with van der Waals surface area (Å²) in [7, 11) is 0. The highest BCUT2D eigenvalue weighted by Gasteiger charge is 2.57. The highest BCUT2D eigenvalue weighted by molar-refractivity contribution is 5.94. The summed E-state index contributed by atoms with van der Waals surface area (Å²) in [5.74, 6) is -0.582. The van der Waals surface area contributed by atoms with Gasteiger partial charge in [-0.25, -0.2) is 0 Å². The molecule has 0 bridgehead atoms. The predicted molar refractivity (Wildman–Crippen MR) is 56.3 cm³/mol. The van der Waals surface area contributed by atoms with Crippen molar-refractivity contribution >= 4 is 5.78 Å². The third kappa shape index (κ3) is 1.23. The fraction of sp³-hybridized carbons (Fsp3) is 0.750. The number of ketones is 1. The van der Waals surface area contributed by atoms with Crippen LogP contribution in [0.3, 0.4) is 0 Å². The lowest BCUT2D eigenvalue weighted by atomic mass is 9.65. The summed E-state index contributed by atoms with van der Waals surface area (Å²) in [5.41, 5.74) is 0.590. The zero-order valence-electron chi connectivity index (χ0n) is 9.79. The topological polar surface area (TPSA) is 35.5 Å². The molecule has 1 saturated heterocycles. The molecule has 1 heterocycles. The molecule has 0 radical (unpaired) electrons. The molecule has 1 aliphatic carbocycles. The highest BCUT2D eigenvalue weighted by atomic mass is 16.7. The van der Waals surface area contributed by atoms with E-state index >= 15 is 0 Å². The van der Waals surface area contributed by atoms with Gasteiger partial charge in [-0.15, -0.1) is 0 Å². The van der Waals surface area contributed by atoms with E-state index in [4.69, 9.17) is 9.47 Å². The summed E-state index contributed by atoms with van der Waals surface area (Å²) in [4.78, 5) is 11.8. The normalized spacial score (nSPS) is 33.2. The minimum atomic E-state index is -0.680. The van der Waals surface area contributed by atoms with Gasteiger partial charge in [-0.05, 0) is 18.6 Å². The van der Waals surface area contributed by atoms with E-state index in [1.54, 1.807) is 6.08 Å². The van der Waals surface area contributed by atoms with Crippen molar-refractivity contribution in [2.75, 3.05) is 13.2 Å². The van der Waals surface area contributed by atoms with E-state index in [-0.39, 0.29) is 17.1 Å². The minimum absolute atomic E-state index is 0.0701. The lowest BCUT2D eigenvalue weighted by Gasteiger charge is -2.48. The van der Waals surface area contributed by atoms with Gasteiger partial charge in [-0.1, -0.05) is 20.8 Å². The Bertz CT molecular complexity index is 322. The number of hydrogen-bond acceptors (Lipinski definition) is 3. The van der Waals surface area contributed by atoms with Gasteiger partial charge in [0.25, 0.3) is 0 Å². The second kappa shape index (κ2) is 3.16. The van der Waals surface area contributed by atoms with E-state index in [2.05, 4.69) is 0 Å². The van der Waals surface area contributed by atoms with E-state index in [0.29, 0.717) is 13.2 Å². The molecule has 1 fully saturated rings. The van der Waals surface area contributed by atoms with E-state index in [1.807, 2.05) is 27.7 Å². The molecule has 0 saturated carbocycles. The van der Waals surface area contributed by atoms with Crippen LogP contribution in [0.5, 0.6) is 0 Å². The second-order valence-electron chi connectivity index (χ2n) is 4.99. The van der Waals surface area contributed by atoms with E-state index in [9.17, 15) is 4.79 Å². The molecule has 0 N–H and O–H groups in total. The Morgan fingerprint density at radius 2 is 1.87 bits per heavy atom. The van der Waals surface area contributed by atoms with Gasteiger partial charge in [-0.3, -0.25) is 4.79 Å². The van der Waals surface area contributed by atoms with E-state index < -0.39 is 5.79 Å². The number of hydrogen-bond donors (Lipinski definition) is 0. The van der Waals surface area contributed by atoms with Crippen LogP contribution >= 0.6 is 0 Å². The Hall–Kier alpha value is -0.670. The first-order valence-electron chi connectivity index (χ1n) is 5.42. The summed E-state index contributed by atoms with van der Waals surface area (Å²) in [6, 6.07) is 0. The maximum atomic E-state index is 11.8. The molecular weight excluding hydrogens is 192 g/mol. The summed E-state index contributed by atoms with van der Waals surface area (Å²) < 4.78 is 11.6. The van der Waals surface area contributed by atoms with Crippen molar-refractivity contribution in [1.29, 1.82) is 0 Å². The van der Waals surface area contributed by atoms with Crippen LogP contribution in [0.2, 0.25) is 0 Å². The number of ether oxygens (including phenoxy) is 2. The Labute approximate surface area is 90.4 Å². The van der Waals surface area contributed by atoms with Crippen molar-refractivity contribution < 1.29 is 14.3 Å². The van der Waals surface area contributed by atoms with Crippen LogP contribution in [0, 0.1) is 11.3 Å². The Kier molecular flexibility index (Phi) is 2.28. The first-order chi connectivity index (χ1) is 6.92. The molecule has 3 heteroatoms. The molecule has 0 aromatic heterocycles. The molecular formula is C12H18O3. The van der Waals surface area contributed by atoms with E-state index in [1.165, 1.54) is 0 Å². The van der Waals surface area contributed by atoms with Crippen molar-refractivity contribution in [3.63, 3.8) is 0 Å². The third-order valence-corrected chi connectivity index (χ3v) is 3.93. The van der Waals surface area contributed by atoms with Gasteiger partial charge < -0.3 is 9.47 Å². The van der Waals surface area contributed by atoms with Crippen LogP contribution in [0.1, 0.15) is 27.7 Å². The quantitative estimate of drug-likeness (QED) is 0.612. The number of carbonyl (C=O) groups excluding carboxylic acids is 1. The van der Waals surface area contributed by atoms with Crippen LogP contribution in [0.25, 0.3) is 0 Å². The standard InChI is InChI=1S/C12H18O3/c1-8-7-10(13)9(2)11(3,4)12(8)14-5-6-15-12/h7,9H,5-6H2,1-4H3. The molecule has 2 aliphatic rings. The maximum Gasteiger partial charge on any atom is 0.196 e. The molecule has 1 atom stereocenters. The maximum absolute atomic E-state index is 11.8. The molecule has 1 unspecified atom stereocenters. The van der Waals surface area contributed by atoms with E-state index in [0.717, 1.165) is 5.57 Å². The Morgan fingerprint density at radius 1 is 1.33 bits per heavy atom. The first-order valence-corrected chi connectivity index (χ1v) is 5.42. The predicted octanol–water partition coefficient (Wildman–Crippen LogP) is 1.92. The fourth-order valence-electron chi connectivity index (χ4n) is 2.59. The summed E-state index contributed by atoms with van der Waals surface area (Å²) in [6.45, 7) is 9.15. The van der Waals surface area contributed by atoms with Crippen molar-refractivity contribution in [1.82, 2.24) is 0 Å². The third-order valence-electron chi connectivity index (χ3n) is 3.93. The second-order valence-corrected chi connectivity index (χ2v) is 4.99. The largest absolute Gasteiger partial charge is 0.343 e. The van der Waals surface area contributed by atoms with Crippen molar-refractivity contribution in [2.24, 2.45) is 11.3 Å². The molecule has 1 spiro atoms. The monoisotopic (exact) mass is 210 g/mol. The van der Waals surface area contributed by atoms with Gasteiger partial charge in [0.15, 0.2) is 11.6 Å². The zero-order valence-corrected chi connectivity index (χ0v) is 9.79. The van der Waals surface area contributed by atoms with Crippen molar-refractivity contribution in [2.45, 2.75) is 33.5 Å². The van der Waals surface area contributed by atoms with Crippen molar-refractivity contribution in [3.05, 3.63) is 11.6 Å². The molecule has 15 heavy (non-hydrogen) atoms. The lowest BCUT2D eigenvalue weighted by Crippen LogP contribution is -2.54. The van der Waals surface area contributed by atoms with Crippen LogP contribution in [0.4, 0.5) is 0 Å². The smallest absolute Gasteiger partial charge is 0.196 e. The minimum Gasteiger partial charge on any atom is -0.343 e. The number of rotatable bonds is 0. The van der Waals surface area contributed by atoms with Crippen LogP contribution in [-0.2, 0) is 14.3 Å². The summed E-state index contributed by atoms with van der Waals surface area (Å²) in [6.07, 6.45) is 1.67. The highest BCUT2D eigenvalue weighted by Crippen LogP contribution is 2.51. The molecule has 84 valence electrons. The molecule has 0 aromatic carbocycles. The van der Waals surface area contributed by atoms with Crippen LogP contribution in [-0.4, -0.2) is 24.8 Å². The van der Waals surface area contributed by atoms with Gasteiger partial charge >= 0.3 is 0 Å². The number of allylic oxidation sites excluding steroid dienone is 1. The average molecular weight is 210 g/mol. The summed E-state index contributed by atoms with van der Waals surface area (Å²) in [5, 5.41) is 0. The molecule has 0 amide bonds. The van der Waals surface area contributed by atoms with Gasteiger partial charge in [0.05, 0.1) is 13.2 Å². The Balaban J connectivity index is 2.52. The number of carbonyl (C=O) groups is 1. The zero-order chi connectivity index (χ0) is 11.3. The molecule has 1 aliphatic heterocycles. The van der Waals surface area contributed by atoms with Crippen LogP contribution in [0.15, 0.2) is 11.6 Å². The van der Waals surface area contributed by atoms with Gasteiger partial charge in [0, 0.05) is 11.3 Å². The molecule has 3 nitrogen and oxygen atoms in total.